The number of rotatable bonds is 6. The Labute approximate surface area is 373 Å². The third-order valence-corrected chi connectivity index (χ3v) is 13.8. The van der Waals surface area contributed by atoms with Crippen molar-refractivity contribution >= 4 is 31.5 Å². The first kappa shape index (κ1) is 36.5. The second-order valence-electron chi connectivity index (χ2n) is 16.3. The molecule has 6 heteroatoms. The van der Waals surface area contributed by atoms with Crippen LogP contribution in [0, 0.1) is 0 Å². The minimum absolute atomic E-state index is 0.532. The molecule has 300 valence electrons. The van der Waals surface area contributed by atoms with Gasteiger partial charge < -0.3 is 9.47 Å². The number of aromatic nitrogens is 3. The lowest BCUT2D eigenvalue weighted by molar-refractivity contribution is 0.359. The monoisotopic (exact) mass is 837 g/mol. The van der Waals surface area contributed by atoms with Crippen molar-refractivity contribution in [2.24, 2.45) is 0 Å². The van der Waals surface area contributed by atoms with Crippen LogP contribution in [0.3, 0.4) is 0 Å². The lowest BCUT2D eigenvalue weighted by Crippen LogP contribution is -2.28. The van der Waals surface area contributed by atoms with Gasteiger partial charge in [0, 0.05) is 36.9 Å². The largest absolute Gasteiger partial charge is 0.450 e. The summed E-state index contributed by atoms with van der Waals surface area (Å²) in [6, 6.07) is 74.3. The molecule has 13 rings (SSSR count). The number of hydrogen-bond donors (Lipinski definition) is 0. The fraction of sp³-hybridized carbons (Fsp3) is 0.0172. The fourth-order valence-electron chi connectivity index (χ4n) is 9.75. The zero-order chi connectivity index (χ0) is 42.2. The van der Waals surface area contributed by atoms with Crippen molar-refractivity contribution in [2.75, 3.05) is 0 Å². The second-order valence-corrected chi connectivity index (χ2v) is 17.4. The average Bonchev–Trinajstić information content (AvgIpc) is 3.88. The van der Waals surface area contributed by atoms with Gasteiger partial charge in [-0.2, -0.15) is 0 Å². The van der Waals surface area contributed by atoms with Gasteiger partial charge in [-0.15, -0.1) is 11.3 Å². The van der Waals surface area contributed by atoms with Crippen LogP contribution in [0.25, 0.3) is 76.6 Å². The SMILES string of the molecule is c1ccc(-c2nc(-c3cccc(-c4ccc5c(c4)Oc4cc6c(cc4O5)C(c4ccccc4)(c4ccccc4)c4ccccc4-6)c3)nc(-c3ccc4c(c3)sc3ccccc34)n2)cc1. The molecule has 1 aliphatic carbocycles. The number of ether oxygens (including phenoxy) is 2. The maximum absolute atomic E-state index is 6.80. The molecule has 2 aromatic heterocycles. The van der Waals surface area contributed by atoms with Crippen molar-refractivity contribution < 1.29 is 9.47 Å². The first-order valence-electron chi connectivity index (χ1n) is 21.4. The normalized spacial score (nSPS) is 13.1. The zero-order valence-electron chi connectivity index (χ0n) is 34.3. The van der Waals surface area contributed by atoms with Gasteiger partial charge in [-0.1, -0.05) is 170 Å². The van der Waals surface area contributed by atoms with Crippen LogP contribution in [0.15, 0.2) is 212 Å². The number of benzene rings is 9. The van der Waals surface area contributed by atoms with Gasteiger partial charge >= 0.3 is 0 Å². The van der Waals surface area contributed by atoms with E-state index in [-0.39, 0.29) is 0 Å². The van der Waals surface area contributed by atoms with Crippen LogP contribution >= 0.6 is 11.3 Å². The Kier molecular flexibility index (Phi) is 8.23. The van der Waals surface area contributed by atoms with E-state index in [1.807, 2.05) is 36.4 Å². The Balaban J connectivity index is 0.878. The number of hydrogen-bond acceptors (Lipinski definition) is 6. The summed E-state index contributed by atoms with van der Waals surface area (Å²) < 4.78 is 16.0. The van der Waals surface area contributed by atoms with E-state index in [0.29, 0.717) is 40.5 Å². The van der Waals surface area contributed by atoms with Gasteiger partial charge in [-0.25, -0.2) is 15.0 Å². The molecule has 11 aromatic rings. The van der Waals surface area contributed by atoms with Crippen molar-refractivity contribution in [3.8, 4) is 79.4 Å². The zero-order valence-corrected chi connectivity index (χ0v) is 35.1. The highest BCUT2D eigenvalue weighted by atomic mass is 32.1. The molecular weight excluding hydrogens is 803 g/mol. The molecule has 0 N–H and O–H groups in total. The molecule has 1 aliphatic heterocycles. The third kappa shape index (κ3) is 5.73. The van der Waals surface area contributed by atoms with Gasteiger partial charge in [0.25, 0.3) is 0 Å². The summed E-state index contributed by atoms with van der Waals surface area (Å²) in [6.45, 7) is 0. The molecule has 0 bridgehead atoms. The molecule has 9 aromatic carbocycles. The van der Waals surface area contributed by atoms with E-state index in [0.717, 1.165) is 33.4 Å². The van der Waals surface area contributed by atoms with E-state index in [9.17, 15) is 0 Å². The first-order valence-corrected chi connectivity index (χ1v) is 22.2. The van der Waals surface area contributed by atoms with Gasteiger partial charge in [0.2, 0.25) is 0 Å². The topological polar surface area (TPSA) is 57.1 Å². The Morgan fingerprint density at radius 2 is 0.875 bits per heavy atom. The third-order valence-electron chi connectivity index (χ3n) is 12.7. The van der Waals surface area contributed by atoms with Gasteiger partial charge in [-0.3, -0.25) is 0 Å². The molecule has 0 unspecified atom stereocenters. The highest BCUT2D eigenvalue weighted by molar-refractivity contribution is 7.25. The predicted molar refractivity (Wildman–Crippen MR) is 258 cm³/mol. The fourth-order valence-corrected chi connectivity index (χ4v) is 10.9. The Morgan fingerprint density at radius 1 is 0.328 bits per heavy atom. The van der Waals surface area contributed by atoms with E-state index in [1.165, 1.54) is 48.0 Å². The molecular formula is C58H35N3O2S. The summed E-state index contributed by atoms with van der Waals surface area (Å²) in [4.78, 5) is 15.2. The molecule has 5 nitrogen and oxygen atoms in total. The quantitative estimate of drug-likeness (QED) is 0.167. The van der Waals surface area contributed by atoms with E-state index < -0.39 is 5.41 Å². The van der Waals surface area contributed by atoms with E-state index in [4.69, 9.17) is 24.4 Å². The van der Waals surface area contributed by atoms with Gasteiger partial charge in [0.05, 0.1) is 5.41 Å². The molecule has 2 aliphatic rings. The predicted octanol–water partition coefficient (Wildman–Crippen LogP) is 15.2. The molecule has 0 atom stereocenters. The Bertz CT molecular complexity index is 3590. The first-order chi connectivity index (χ1) is 31.7. The molecule has 0 radical (unpaired) electrons. The van der Waals surface area contributed by atoms with Crippen molar-refractivity contribution in [3.05, 3.63) is 235 Å². The molecule has 64 heavy (non-hydrogen) atoms. The molecule has 0 saturated carbocycles. The van der Waals surface area contributed by atoms with Crippen molar-refractivity contribution in [2.45, 2.75) is 5.41 Å². The summed E-state index contributed by atoms with van der Waals surface area (Å²) in [5, 5.41) is 2.50. The van der Waals surface area contributed by atoms with Gasteiger partial charge in [0.15, 0.2) is 40.5 Å². The maximum atomic E-state index is 6.80. The summed E-state index contributed by atoms with van der Waals surface area (Å²) in [5.41, 5.74) is 11.4. The van der Waals surface area contributed by atoms with Crippen molar-refractivity contribution in [1.29, 1.82) is 0 Å². The maximum Gasteiger partial charge on any atom is 0.170 e. The van der Waals surface area contributed by atoms with Crippen LogP contribution in [0.2, 0.25) is 0 Å². The van der Waals surface area contributed by atoms with E-state index in [1.54, 1.807) is 11.3 Å². The van der Waals surface area contributed by atoms with Gasteiger partial charge in [0.1, 0.15) is 0 Å². The Morgan fingerprint density at radius 3 is 1.66 bits per heavy atom. The molecule has 0 amide bonds. The lowest BCUT2D eigenvalue weighted by Gasteiger charge is -2.34. The van der Waals surface area contributed by atoms with E-state index >= 15 is 0 Å². The minimum Gasteiger partial charge on any atom is -0.450 e. The average molecular weight is 838 g/mol. The standard InChI is InChI=1S/C58H35N3O2S/c1-4-15-36(16-5-1)55-59-56(61-57(60-55)40-27-29-45-44-24-11-13-26-53(44)64-54(45)33-40)39-18-14-17-37(31-39)38-28-30-49-50(32-38)63-51-34-46-43-23-10-12-25-47(43)58(41-19-6-2-7-20-41,42-21-8-3-9-22-42)48(46)35-52(51)62-49/h1-35H. The van der Waals surface area contributed by atoms with Crippen LogP contribution in [-0.4, -0.2) is 15.0 Å². The minimum atomic E-state index is -0.532. The summed E-state index contributed by atoms with van der Waals surface area (Å²) >= 11 is 1.79. The number of thiophene rings is 1. The highest BCUT2D eigenvalue weighted by Crippen LogP contribution is 2.60. The highest BCUT2D eigenvalue weighted by Gasteiger charge is 2.47. The van der Waals surface area contributed by atoms with Crippen LogP contribution in [0.1, 0.15) is 22.3 Å². The summed E-state index contributed by atoms with van der Waals surface area (Å²) in [7, 11) is 0. The summed E-state index contributed by atoms with van der Waals surface area (Å²) in [5.74, 6) is 4.55. The number of nitrogens with zero attached hydrogens (tertiary/aromatic N) is 3. The Hall–Kier alpha value is -8.19. The summed E-state index contributed by atoms with van der Waals surface area (Å²) in [6.07, 6.45) is 0. The second kappa shape index (κ2) is 14.4. The van der Waals surface area contributed by atoms with Crippen molar-refractivity contribution in [3.63, 3.8) is 0 Å². The molecule has 0 saturated heterocycles. The van der Waals surface area contributed by atoms with Crippen LogP contribution in [-0.2, 0) is 5.41 Å². The van der Waals surface area contributed by atoms with E-state index in [2.05, 4.69) is 176 Å². The molecule has 0 spiro atoms. The van der Waals surface area contributed by atoms with Crippen LogP contribution in [0.5, 0.6) is 23.0 Å². The van der Waals surface area contributed by atoms with Crippen LogP contribution < -0.4 is 9.47 Å². The smallest absolute Gasteiger partial charge is 0.170 e. The number of fused-ring (bicyclic) bond motifs is 8. The molecule has 0 fully saturated rings. The van der Waals surface area contributed by atoms with Crippen molar-refractivity contribution in [1.82, 2.24) is 15.0 Å². The lowest BCUT2D eigenvalue weighted by atomic mass is 9.67. The van der Waals surface area contributed by atoms with Crippen LogP contribution in [0.4, 0.5) is 0 Å². The molecule has 3 heterocycles. The van der Waals surface area contributed by atoms with Gasteiger partial charge in [-0.05, 0) is 87.0 Å².